The van der Waals surface area contributed by atoms with Crippen LogP contribution < -0.4 is 5.32 Å². The molecule has 1 unspecified atom stereocenters. The van der Waals surface area contributed by atoms with Crippen LogP contribution in [-0.4, -0.2) is 40.7 Å². The molecule has 0 aliphatic carbocycles. The Morgan fingerprint density at radius 3 is 2.38 bits per heavy atom. The fourth-order valence-electron chi connectivity index (χ4n) is 1.58. The second kappa shape index (κ2) is 8.70. The van der Waals surface area contributed by atoms with E-state index in [1.165, 1.54) is 0 Å². The lowest BCUT2D eigenvalue weighted by molar-refractivity contribution is -0.144. The zero-order chi connectivity index (χ0) is 15.7. The van der Waals surface area contributed by atoms with Crippen molar-refractivity contribution < 1.29 is 29.3 Å². The molecule has 0 heterocycles. The first kappa shape index (κ1) is 16.6. The van der Waals surface area contributed by atoms with Crippen LogP contribution in [0.5, 0.6) is 0 Å². The molecular weight excluding hydrogens is 278 g/mol. The normalized spacial score (nSPS) is 11.6. The quantitative estimate of drug-likeness (QED) is 0.573. The van der Waals surface area contributed by atoms with Crippen LogP contribution >= 0.6 is 0 Å². The van der Waals surface area contributed by atoms with Gasteiger partial charge in [-0.1, -0.05) is 30.3 Å². The number of nitrogens with one attached hydrogen (secondary N) is 1. The maximum Gasteiger partial charge on any atom is 0.320 e. The summed E-state index contributed by atoms with van der Waals surface area (Å²) in [5, 5.41) is 19.9. The minimum atomic E-state index is -1.20. The molecule has 0 aliphatic rings. The predicted molar refractivity (Wildman–Crippen MR) is 72.5 cm³/mol. The van der Waals surface area contributed by atoms with E-state index in [0.29, 0.717) is 0 Å². The minimum Gasteiger partial charge on any atom is -0.481 e. The Morgan fingerprint density at radius 1 is 1.14 bits per heavy atom. The summed E-state index contributed by atoms with van der Waals surface area (Å²) in [5.41, 5.74) is 0.825. The van der Waals surface area contributed by atoms with E-state index in [-0.39, 0.29) is 26.0 Å². The summed E-state index contributed by atoms with van der Waals surface area (Å²) in [6.07, 6.45) is -0.389. The molecule has 114 valence electrons. The first-order valence-corrected chi connectivity index (χ1v) is 6.36. The first-order chi connectivity index (χ1) is 9.99. The van der Waals surface area contributed by atoms with E-state index < -0.39 is 23.9 Å². The monoisotopic (exact) mass is 295 g/mol. The summed E-state index contributed by atoms with van der Waals surface area (Å²) in [6, 6.07) is 7.97. The van der Waals surface area contributed by atoms with E-state index in [4.69, 9.17) is 14.9 Å². The Kier molecular flexibility index (Phi) is 6.90. The minimum absolute atomic E-state index is 0.101. The molecule has 3 N–H and O–H groups in total. The van der Waals surface area contributed by atoms with Crippen molar-refractivity contribution in [1.82, 2.24) is 5.32 Å². The number of hydrogen-bond acceptors (Lipinski definition) is 5. The molecule has 0 amide bonds. The molecule has 21 heavy (non-hydrogen) atoms. The van der Waals surface area contributed by atoms with E-state index in [1.807, 2.05) is 18.2 Å². The third-order valence-corrected chi connectivity index (χ3v) is 2.68. The highest BCUT2D eigenvalue weighted by Crippen LogP contribution is 2.01. The summed E-state index contributed by atoms with van der Waals surface area (Å²) in [5.74, 6) is -2.89. The Balaban J connectivity index is 2.32. The Hall–Kier alpha value is -2.41. The van der Waals surface area contributed by atoms with Gasteiger partial charge in [-0.15, -0.1) is 0 Å². The number of carbonyl (C=O) groups excluding carboxylic acids is 1. The predicted octanol–water partition coefficient (Wildman–Crippen LogP) is 0.637. The van der Waals surface area contributed by atoms with Gasteiger partial charge in [-0.25, -0.2) is 0 Å². The zero-order valence-electron chi connectivity index (χ0n) is 11.3. The highest BCUT2D eigenvalue weighted by atomic mass is 16.5. The first-order valence-electron chi connectivity index (χ1n) is 6.36. The summed E-state index contributed by atoms with van der Waals surface area (Å²) >= 11 is 0. The van der Waals surface area contributed by atoms with Crippen LogP contribution in [0.2, 0.25) is 0 Å². The maximum atomic E-state index is 11.5. The lowest BCUT2D eigenvalue weighted by Gasteiger charge is -2.13. The van der Waals surface area contributed by atoms with E-state index in [0.717, 1.165) is 5.56 Å². The largest absolute Gasteiger partial charge is 0.481 e. The van der Waals surface area contributed by atoms with E-state index in [1.54, 1.807) is 12.1 Å². The molecule has 1 aromatic carbocycles. The number of rotatable bonds is 9. The van der Waals surface area contributed by atoms with E-state index >= 15 is 0 Å². The number of ether oxygens (including phenoxy) is 1. The molecule has 0 aromatic heterocycles. The maximum absolute atomic E-state index is 11.5. The molecule has 7 nitrogen and oxygen atoms in total. The van der Waals surface area contributed by atoms with Gasteiger partial charge in [-0.2, -0.15) is 0 Å². The van der Waals surface area contributed by atoms with Crippen LogP contribution in [0.3, 0.4) is 0 Å². The van der Waals surface area contributed by atoms with Crippen molar-refractivity contribution in [3.8, 4) is 0 Å². The SMILES string of the molecule is O=C(O)CCC(NCC(=O)OCc1ccccc1)C(=O)O. The zero-order valence-corrected chi connectivity index (χ0v) is 11.3. The molecule has 0 saturated carbocycles. The van der Waals surface area contributed by atoms with Crippen LogP contribution in [0, 0.1) is 0 Å². The molecular formula is C14H17NO6. The number of carbonyl (C=O) groups is 3. The van der Waals surface area contributed by atoms with Gasteiger partial charge in [0.2, 0.25) is 0 Å². The second-order valence-corrected chi connectivity index (χ2v) is 4.35. The molecule has 1 aromatic rings. The van der Waals surface area contributed by atoms with E-state index in [2.05, 4.69) is 5.32 Å². The summed E-state index contributed by atoms with van der Waals surface area (Å²) in [6.45, 7) is -0.183. The van der Waals surface area contributed by atoms with Gasteiger partial charge >= 0.3 is 17.9 Å². The van der Waals surface area contributed by atoms with Crippen LogP contribution in [0.1, 0.15) is 18.4 Å². The average Bonchev–Trinajstić information content (AvgIpc) is 2.45. The van der Waals surface area contributed by atoms with Gasteiger partial charge < -0.3 is 14.9 Å². The molecule has 0 spiro atoms. The van der Waals surface area contributed by atoms with Crippen LogP contribution in [0.4, 0.5) is 0 Å². The number of benzene rings is 1. The van der Waals surface area contributed by atoms with Crippen molar-refractivity contribution in [2.24, 2.45) is 0 Å². The fourth-order valence-corrected chi connectivity index (χ4v) is 1.58. The van der Waals surface area contributed by atoms with Crippen molar-refractivity contribution in [2.45, 2.75) is 25.5 Å². The third-order valence-electron chi connectivity index (χ3n) is 2.68. The molecule has 0 saturated heterocycles. The van der Waals surface area contributed by atoms with Crippen molar-refractivity contribution in [2.75, 3.05) is 6.54 Å². The van der Waals surface area contributed by atoms with Crippen molar-refractivity contribution in [1.29, 1.82) is 0 Å². The highest BCUT2D eigenvalue weighted by Gasteiger charge is 2.19. The van der Waals surface area contributed by atoms with Gasteiger partial charge in [0.05, 0.1) is 6.54 Å². The van der Waals surface area contributed by atoms with E-state index in [9.17, 15) is 14.4 Å². The van der Waals surface area contributed by atoms with Crippen LogP contribution in [0.25, 0.3) is 0 Å². The lowest BCUT2D eigenvalue weighted by Crippen LogP contribution is -2.40. The Bertz CT molecular complexity index is 487. The smallest absolute Gasteiger partial charge is 0.320 e. The number of carboxylic acids is 2. The Labute approximate surface area is 121 Å². The fraction of sp³-hybridized carbons (Fsp3) is 0.357. The number of aliphatic carboxylic acids is 2. The highest BCUT2D eigenvalue weighted by molar-refractivity contribution is 5.77. The second-order valence-electron chi connectivity index (χ2n) is 4.35. The summed E-state index contributed by atoms with van der Waals surface area (Å²) in [4.78, 5) is 32.8. The number of hydrogen-bond donors (Lipinski definition) is 3. The summed E-state index contributed by atoms with van der Waals surface area (Å²) < 4.78 is 4.97. The van der Waals surface area contributed by atoms with Crippen LogP contribution in [0.15, 0.2) is 30.3 Å². The van der Waals surface area contributed by atoms with Crippen molar-refractivity contribution in [3.05, 3.63) is 35.9 Å². The average molecular weight is 295 g/mol. The summed E-state index contributed by atoms with van der Waals surface area (Å²) in [7, 11) is 0. The Morgan fingerprint density at radius 2 is 1.81 bits per heavy atom. The molecule has 7 heteroatoms. The molecule has 1 rings (SSSR count). The third kappa shape index (κ3) is 7.07. The van der Waals surface area contributed by atoms with Gasteiger partial charge in [0, 0.05) is 6.42 Å². The van der Waals surface area contributed by atoms with Gasteiger partial charge in [-0.3, -0.25) is 19.7 Å². The van der Waals surface area contributed by atoms with Gasteiger partial charge in [0.1, 0.15) is 12.6 Å². The van der Waals surface area contributed by atoms with Crippen molar-refractivity contribution >= 4 is 17.9 Å². The number of carboxylic acid groups (broad SMARTS) is 2. The lowest BCUT2D eigenvalue weighted by atomic mass is 10.1. The van der Waals surface area contributed by atoms with Gasteiger partial charge in [0.15, 0.2) is 0 Å². The van der Waals surface area contributed by atoms with Crippen molar-refractivity contribution in [3.63, 3.8) is 0 Å². The number of esters is 1. The molecule has 1 atom stereocenters. The molecule has 0 fully saturated rings. The topological polar surface area (TPSA) is 113 Å². The molecule has 0 bridgehead atoms. The van der Waals surface area contributed by atoms with Gasteiger partial charge in [0.25, 0.3) is 0 Å². The van der Waals surface area contributed by atoms with Crippen LogP contribution in [-0.2, 0) is 25.7 Å². The van der Waals surface area contributed by atoms with Gasteiger partial charge in [-0.05, 0) is 12.0 Å². The molecule has 0 aliphatic heterocycles. The standard InChI is InChI=1S/C14H17NO6/c16-12(17)7-6-11(14(19)20)15-8-13(18)21-9-10-4-2-1-3-5-10/h1-5,11,15H,6-9H2,(H,16,17)(H,19,20). The molecule has 0 radical (unpaired) electrons.